The van der Waals surface area contributed by atoms with Gasteiger partial charge in [0.15, 0.2) is 5.82 Å². The maximum absolute atomic E-state index is 14.0. The van der Waals surface area contributed by atoms with E-state index in [1.165, 1.54) is 24.3 Å². The van der Waals surface area contributed by atoms with Gasteiger partial charge in [-0.25, -0.2) is 8.78 Å². The highest BCUT2D eigenvalue weighted by molar-refractivity contribution is 6.30. The molecule has 0 aliphatic rings. The predicted molar refractivity (Wildman–Crippen MR) is 78.8 cm³/mol. The molecule has 0 atom stereocenters. The summed E-state index contributed by atoms with van der Waals surface area (Å²) in [5.41, 5.74) is 6.84. The van der Waals surface area contributed by atoms with Gasteiger partial charge >= 0.3 is 0 Å². The average Bonchev–Trinajstić information content (AvgIpc) is 2.84. The number of hydrogen-bond donors (Lipinski definition) is 2. The Labute approximate surface area is 124 Å². The zero-order valence-corrected chi connectivity index (χ0v) is 11.5. The Morgan fingerprint density at radius 2 is 1.71 bits per heavy atom. The summed E-state index contributed by atoms with van der Waals surface area (Å²) in [6, 6.07) is 10.2. The van der Waals surface area contributed by atoms with Crippen LogP contribution in [-0.2, 0) is 0 Å². The Kier molecular flexibility index (Phi) is 3.35. The highest BCUT2D eigenvalue weighted by Crippen LogP contribution is 2.37. The van der Waals surface area contributed by atoms with Crippen molar-refractivity contribution in [2.24, 2.45) is 0 Å². The second-order valence-corrected chi connectivity index (χ2v) is 4.90. The number of aromatic amines is 1. The van der Waals surface area contributed by atoms with E-state index < -0.39 is 11.6 Å². The van der Waals surface area contributed by atoms with Crippen molar-refractivity contribution in [2.45, 2.75) is 0 Å². The molecule has 21 heavy (non-hydrogen) atoms. The number of nitrogen functional groups attached to an aromatic ring is 1. The first-order chi connectivity index (χ1) is 10.1. The molecule has 0 spiro atoms. The van der Waals surface area contributed by atoms with Crippen molar-refractivity contribution in [3.63, 3.8) is 0 Å². The highest BCUT2D eigenvalue weighted by atomic mass is 35.5. The Morgan fingerprint density at radius 3 is 2.48 bits per heavy atom. The fourth-order valence-electron chi connectivity index (χ4n) is 2.18. The number of nitrogens with one attached hydrogen (secondary N) is 1. The smallest absolute Gasteiger partial charge is 0.153 e. The van der Waals surface area contributed by atoms with Gasteiger partial charge in [-0.3, -0.25) is 5.10 Å². The molecule has 1 aromatic heterocycles. The van der Waals surface area contributed by atoms with E-state index in [1.54, 1.807) is 18.2 Å². The molecule has 0 radical (unpaired) electrons. The van der Waals surface area contributed by atoms with Gasteiger partial charge in [0.05, 0.1) is 11.3 Å². The molecular weight excluding hydrogens is 296 g/mol. The van der Waals surface area contributed by atoms with Crippen LogP contribution in [0.3, 0.4) is 0 Å². The minimum absolute atomic E-state index is 0.0921. The maximum atomic E-state index is 14.0. The first kappa shape index (κ1) is 13.6. The number of nitrogens with two attached hydrogens (primary N) is 1. The summed E-state index contributed by atoms with van der Waals surface area (Å²) in [5, 5.41) is 6.86. The molecule has 0 fully saturated rings. The molecule has 1 heterocycles. The van der Waals surface area contributed by atoms with Crippen LogP contribution in [0.1, 0.15) is 0 Å². The third kappa shape index (κ3) is 2.36. The monoisotopic (exact) mass is 305 g/mol. The molecule has 0 bridgehead atoms. The fraction of sp³-hybridized carbons (Fsp3) is 0. The number of rotatable bonds is 2. The van der Waals surface area contributed by atoms with Gasteiger partial charge in [-0.05, 0) is 24.3 Å². The molecule has 0 aliphatic heterocycles. The minimum Gasteiger partial charge on any atom is -0.382 e. The van der Waals surface area contributed by atoms with Gasteiger partial charge in [0.25, 0.3) is 0 Å². The van der Waals surface area contributed by atoms with Crippen molar-refractivity contribution < 1.29 is 8.78 Å². The van der Waals surface area contributed by atoms with Crippen LogP contribution in [-0.4, -0.2) is 10.2 Å². The topological polar surface area (TPSA) is 54.7 Å². The van der Waals surface area contributed by atoms with Crippen LogP contribution in [0.4, 0.5) is 14.6 Å². The van der Waals surface area contributed by atoms with E-state index in [0.717, 1.165) is 0 Å². The Bertz CT molecular complexity index is 814. The van der Waals surface area contributed by atoms with Gasteiger partial charge in [0.2, 0.25) is 0 Å². The Hall–Kier alpha value is -2.40. The van der Waals surface area contributed by atoms with E-state index in [-0.39, 0.29) is 22.6 Å². The molecule has 3 aromatic rings. The first-order valence-electron chi connectivity index (χ1n) is 6.12. The van der Waals surface area contributed by atoms with E-state index in [1.807, 2.05) is 0 Å². The van der Waals surface area contributed by atoms with Gasteiger partial charge in [-0.15, -0.1) is 0 Å². The molecule has 0 amide bonds. The molecule has 2 aromatic carbocycles. The van der Waals surface area contributed by atoms with Gasteiger partial charge in [-0.2, -0.15) is 5.10 Å². The summed E-state index contributed by atoms with van der Waals surface area (Å²) in [5.74, 6) is -0.871. The first-order valence-corrected chi connectivity index (χ1v) is 6.50. The standard InChI is InChI=1S/C15H10ClF2N3/c16-8-5-6-12(18)10(7-8)14-13(15(19)21-20-14)9-3-1-2-4-11(9)17/h1-7H,(H3,19,20,21). The highest BCUT2D eigenvalue weighted by Gasteiger charge is 2.20. The number of H-pyrrole nitrogens is 1. The van der Waals surface area contributed by atoms with Gasteiger partial charge in [-0.1, -0.05) is 29.8 Å². The molecule has 0 aliphatic carbocycles. The zero-order chi connectivity index (χ0) is 15.0. The molecule has 3 N–H and O–H groups in total. The number of anilines is 1. The lowest BCUT2D eigenvalue weighted by atomic mass is 10.00. The van der Waals surface area contributed by atoms with Crippen LogP contribution in [0, 0.1) is 11.6 Å². The van der Waals surface area contributed by atoms with Crippen LogP contribution in [0.5, 0.6) is 0 Å². The van der Waals surface area contributed by atoms with Crippen LogP contribution < -0.4 is 5.73 Å². The van der Waals surface area contributed by atoms with Crippen molar-refractivity contribution in [3.8, 4) is 22.4 Å². The van der Waals surface area contributed by atoms with Crippen molar-refractivity contribution in [1.82, 2.24) is 10.2 Å². The van der Waals surface area contributed by atoms with Gasteiger partial charge in [0, 0.05) is 16.1 Å². The van der Waals surface area contributed by atoms with E-state index in [0.29, 0.717) is 10.6 Å². The molecule has 0 saturated heterocycles. The lowest BCUT2D eigenvalue weighted by molar-refractivity contribution is 0.629. The quantitative estimate of drug-likeness (QED) is 0.743. The minimum atomic E-state index is -0.499. The summed E-state index contributed by atoms with van der Waals surface area (Å²) in [6.45, 7) is 0. The van der Waals surface area contributed by atoms with Crippen LogP contribution in [0.25, 0.3) is 22.4 Å². The SMILES string of the molecule is Nc1n[nH]c(-c2cc(Cl)ccc2F)c1-c1ccccc1F. The van der Waals surface area contributed by atoms with E-state index in [4.69, 9.17) is 17.3 Å². The fourth-order valence-corrected chi connectivity index (χ4v) is 2.35. The van der Waals surface area contributed by atoms with E-state index in [9.17, 15) is 8.78 Å². The molecule has 0 saturated carbocycles. The largest absolute Gasteiger partial charge is 0.382 e. The summed E-state index contributed by atoms with van der Waals surface area (Å²) in [7, 11) is 0. The van der Waals surface area contributed by atoms with Gasteiger partial charge in [0.1, 0.15) is 11.6 Å². The molecule has 106 valence electrons. The van der Waals surface area contributed by atoms with E-state index in [2.05, 4.69) is 10.2 Å². The normalized spacial score (nSPS) is 10.8. The number of nitrogens with zero attached hydrogens (tertiary/aromatic N) is 1. The predicted octanol–water partition coefficient (Wildman–Crippen LogP) is 4.26. The second-order valence-electron chi connectivity index (χ2n) is 4.46. The summed E-state index contributed by atoms with van der Waals surface area (Å²) in [4.78, 5) is 0. The number of benzene rings is 2. The molecule has 3 nitrogen and oxygen atoms in total. The number of halogens is 3. The Balaban J connectivity index is 2.27. The zero-order valence-electron chi connectivity index (χ0n) is 10.7. The summed E-state index contributed by atoms with van der Waals surface area (Å²) in [6.07, 6.45) is 0. The lowest BCUT2D eigenvalue weighted by Gasteiger charge is -2.07. The van der Waals surface area contributed by atoms with Crippen molar-refractivity contribution in [1.29, 1.82) is 0 Å². The molecule has 3 rings (SSSR count). The van der Waals surface area contributed by atoms with E-state index >= 15 is 0 Å². The molecular formula is C15H10ClF2N3. The lowest BCUT2D eigenvalue weighted by Crippen LogP contribution is -1.92. The third-order valence-electron chi connectivity index (χ3n) is 3.14. The van der Waals surface area contributed by atoms with Crippen LogP contribution >= 0.6 is 11.6 Å². The number of aromatic nitrogens is 2. The van der Waals surface area contributed by atoms with Crippen LogP contribution in [0.15, 0.2) is 42.5 Å². The average molecular weight is 306 g/mol. The number of hydrogen-bond acceptors (Lipinski definition) is 2. The third-order valence-corrected chi connectivity index (χ3v) is 3.37. The van der Waals surface area contributed by atoms with Crippen LogP contribution in [0.2, 0.25) is 5.02 Å². The summed E-state index contributed by atoms with van der Waals surface area (Å²) >= 11 is 5.90. The van der Waals surface area contributed by atoms with Crippen molar-refractivity contribution in [2.75, 3.05) is 5.73 Å². The molecule has 0 unspecified atom stereocenters. The summed E-state index contributed by atoms with van der Waals surface area (Å²) < 4.78 is 28.0. The second kappa shape index (κ2) is 5.18. The molecule has 6 heteroatoms. The maximum Gasteiger partial charge on any atom is 0.153 e. The van der Waals surface area contributed by atoms with Crippen molar-refractivity contribution >= 4 is 17.4 Å². The van der Waals surface area contributed by atoms with Gasteiger partial charge < -0.3 is 5.73 Å². The van der Waals surface area contributed by atoms with Crippen molar-refractivity contribution in [3.05, 3.63) is 59.1 Å². The Morgan fingerprint density at radius 1 is 1.00 bits per heavy atom.